The van der Waals surface area contributed by atoms with E-state index in [0.29, 0.717) is 11.1 Å². The average molecular weight is 276 g/mol. The van der Waals surface area contributed by atoms with Gasteiger partial charge >= 0.3 is 5.63 Å². The molecule has 1 aromatic carbocycles. The number of benzene rings is 1. The van der Waals surface area contributed by atoms with Crippen molar-refractivity contribution in [2.75, 3.05) is 13.2 Å². The zero-order valence-electron chi connectivity index (χ0n) is 11.1. The first-order valence-electron chi connectivity index (χ1n) is 6.38. The minimum absolute atomic E-state index is 0.0951. The van der Waals surface area contributed by atoms with Crippen molar-refractivity contribution in [2.45, 2.75) is 13.3 Å². The Kier molecular flexibility index (Phi) is 4.42. The molecule has 0 saturated carbocycles. The van der Waals surface area contributed by atoms with E-state index in [-0.39, 0.29) is 30.1 Å². The van der Waals surface area contributed by atoms with Gasteiger partial charge in [0, 0.05) is 0 Å². The lowest BCUT2D eigenvalue weighted by Gasteiger charge is -2.09. The van der Waals surface area contributed by atoms with Gasteiger partial charge in [0.2, 0.25) is 0 Å². The van der Waals surface area contributed by atoms with E-state index in [1.807, 2.05) is 6.92 Å². The van der Waals surface area contributed by atoms with Crippen molar-refractivity contribution < 1.29 is 19.4 Å². The predicted octanol–water partition coefficient (Wildman–Crippen LogP) is 2.29. The summed E-state index contributed by atoms with van der Waals surface area (Å²) in [4.78, 5) is 11.8. The first-order chi connectivity index (χ1) is 9.69. The molecule has 0 aliphatic heterocycles. The number of aliphatic hydroxyl groups is 1. The first kappa shape index (κ1) is 14.1. The van der Waals surface area contributed by atoms with Crippen LogP contribution in [0.1, 0.15) is 18.9 Å². The van der Waals surface area contributed by atoms with Gasteiger partial charge in [-0.3, -0.25) is 0 Å². The van der Waals surface area contributed by atoms with Gasteiger partial charge in [-0.2, -0.15) is 0 Å². The molecular weight excluding hydrogens is 260 g/mol. The lowest BCUT2D eigenvalue weighted by Crippen LogP contribution is -2.06. The maximum absolute atomic E-state index is 11.8. The summed E-state index contributed by atoms with van der Waals surface area (Å²) in [5.41, 5.74) is -0.255. The number of rotatable bonds is 5. The van der Waals surface area contributed by atoms with Gasteiger partial charge in [-0.05, 0) is 24.6 Å². The molecule has 0 aliphatic carbocycles. The fourth-order valence-corrected chi connectivity index (χ4v) is 1.87. The molecule has 1 aromatic heterocycles. The van der Waals surface area contributed by atoms with Crippen molar-refractivity contribution in [2.24, 2.45) is 0 Å². The van der Waals surface area contributed by atoms with E-state index in [4.69, 9.17) is 14.3 Å². The van der Waals surface area contributed by atoms with Gasteiger partial charge in [-0.25, -0.2) is 4.79 Å². The summed E-state index contributed by atoms with van der Waals surface area (Å²) < 4.78 is 10.5. The Morgan fingerprint density at radius 2 is 2.20 bits per heavy atom. The van der Waals surface area contributed by atoms with Crippen LogP contribution >= 0.6 is 0 Å². The van der Waals surface area contributed by atoms with Crippen molar-refractivity contribution in [1.82, 2.24) is 0 Å². The molecule has 0 atom stereocenters. The topological polar surface area (TPSA) is 79.9 Å². The molecule has 1 heterocycles. The van der Waals surface area contributed by atoms with Gasteiger partial charge < -0.3 is 19.4 Å². The summed E-state index contributed by atoms with van der Waals surface area (Å²) in [6.45, 7) is 1.88. The minimum atomic E-state index is -0.598. The fraction of sp³-hybridized carbons (Fsp3) is 0.267. The first-order valence-corrected chi connectivity index (χ1v) is 6.38. The second-order valence-electron chi connectivity index (χ2n) is 4.16. The number of aromatic hydroxyl groups is 1. The second-order valence-corrected chi connectivity index (χ2v) is 4.16. The molecule has 20 heavy (non-hydrogen) atoms. The van der Waals surface area contributed by atoms with Gasteiger partial charge in [-0.1, -0.05) is 19.1 Å². The van der Waals surface area contributed by atoms with Crippen molar-refractivity contribution in [3.05, 3.63) is 40.3 Å². The molecule has 0 fully saturated rings. The minimum Gasteiger partial charge on any atom is -0.506 e. The number of ether oxygens (including phenoxy) is 1. The molecule has 0 saturated heterocycles. The van der Waals surface area contributed by atoms with Crippen LogP contribution in [0.4, 0.5) is 0 Å². The van der Waals surface area contributed by atoms with Gasteiger partial charge in [0.15, 0.2) is 0 Å². The SMILES string of the molecule is CCC=Cc1c(O)c2c(OCCO)cccc2oc1=O. The Bertz CT molecular complexity index is 684. The Hall–Kier alpha value is -2.27. The molecule has 0 amide bonds. The van der Waals surface area contributed by atoms with E-state index in [9.17, 15) is 9.90 Å². The molecule has 0 unspecified atom stereocenters. The lowest BCUT2D eigenvalue weighted by molar-refractivity contribution is 0.202. The highest BCUT2D eigenvalue weighted by Gasteiger charge is 2.15. The van der Waals surface area contributed by atoms with Gasteiger partial charge in [0.1, 0.15) is 34.6 Å². The van der Waals surface area contributed by atoms with Gasteiger partial charge in [0.05, 0.1) is 6.61 Å². The summed E-state index contributed by atoms with van der Waals surface area (Å²) in [6.07, 6.45) is 4.03. The van der Waals surface area contributed by atoms with Crippen LogP contribution in [0.5, 0.6) is 11.5 Å². The Balaban J connectivity index is 2.67. The Morgan fingerprint density at radius 3 is 2.90 bits per heavy atom. The van der Waals surface area contributed by atoms with Crippen LogP contribution in [0.2, 0.25) is 0 Å². The highest BCUT2D eigenvalue weighted by molar-refractivity contribution is 5.91. The molecule has 2 N–H and O–H groups in total. The number of hydrogen-bond acceptors (Lipinski definition) is 5. The molecule has 5 nitrogen and oxygen atoms in total. The molecule has 0 spiro atoms. The highest BCUT2D eigenvalue weighted by atomic mass is 16.5. The third kappa shape index (κ3) is 2.67. The molecular formula is C15H16O5. The van der Waals surface area contributed by atoms with Crippen molar-refractivity contribution >= 4 is 17.0 Å². The third-order valence-corrected chi connectivity index (χ3v) is 2.77. The molecule has 0 radical (unpaired) electrons. The van der Waals surface area contributed by atoms with Crippen LogP contribution in [-0.4, -0.2) is 23.4 Å². The van der Waals surface area contributed by atoms with Crippen LogP contribution in [0, 0.1) is 0 Å². The quantitative estimate of drug-likeness (QED) is 0.819. The Labute approximate surface area is 115 Å². The van der Waals surface area contributed by atoms with Crippen molar-refractivity contribution in [3.63, 3.8) is 0 Å². The second kappa shape index (κ2) is 6.25. The smallest absolute Gasteiger partial charge is 0.347 e. The normalized spacial score (nSPS) is 11.3. The van der Waals surface area contributed by atoms with Crippen LogP contribution < -0.4 is 10.4 Å². The zero-order chi connectivity index (χ0) is 14.5. The number of allylic oxidation sites excluding steroid dienone is 1. The van der Waals surface area contributed by atoms with Crippen LogP contribution in [0.15, 0.2) is 33.5 Å². The van der Waals surface area contributed by atoms with E-state index in [1.165, 1.54) is 6.08 Å². The molecule has 0 bridgehead atoms. The predicted molar refractivity (Wildman–Crippen MR) is 76.1 cm³/mol. The van der Waals surface area contributed by atoms with Crippen LogP contribution in [-0.2, 0) is 0 Å². The van der Waals surface area contributed by atoms with E-state index < -0.39 is 5.63 Å². The zero-order valence-corrected chi connectivity index (χ0v) is 11.1. The molecule has 0 aliphatic rings. The number of fused-ring (bicyclic) bond motifs is 1. The Morgan fingerprint density at radius 1 is 1.40 bits per heavy atom. The third-order valence-electron chi connectivity index (χ3n) is 2.77. The number of hydrogen-bond donors (Lipinski definition) is 2. The van der Waals surface area contributed by atoms with E-state index in [0.717, 1.165) is 6.42 Å². The highest BCUT2D eigenvalue weighted by Crippen LogP contribution is 2.34. The van der Waals surface area contributed by atoms with E-state index >= 15 is 0 Å². The largest absolute Gasteiger partial charge is 0.506 e. The molecule has 5 heteroatoms. The summed E-state index contributed by atoms with van der Waals surface area (Å²) in [5, 5.41) is 19.4. The van der Waals surface area contributed by atoms with Crippen LogP contribution in [0.25, 0.3) is 17.0 Å². The van der Waals surface area contributed by atoms with Crippen molar-refractivity contribution in [1.29, 1.82) is 0 Å². The van der Waals surface area contributed by atoms with E-state index in [2.05, 4.69) is 0 Å². The summed E-state index contributed by atoms with van der Waals surface area (Å²) in [7, 11) is 0. The average Bonchev–Trinajstić information content (AvgIpc) is 2.44. The van der Waals surface area contributed by atoms with Crippen LogP contribution in [0.3, 0.4) is 0 Å². The summed E-state index contributed by atoms with van der Waals surface area (Å²) >= 11 is 0. The van der Waals surface area contributed by atoms with E-state index in [1.54, 1.807) is 24.3 Å². The maximum atomic E-state index is 11.8. The lowest BCUT2D eigenvalue weighted by atomic mass is 10.1. The number of aliphatic hydroxyl groups excluding tert-OH is 1. The van der Waals surface area contributed by atoms with Crippen molar-refractivity contribution in [3.8, 4) is 11.5 Å². The van der Waals surface area contributed by atoms with Gasteiger partial charge in [0.25, 0.3) is 0 Å². The molecule has 106 valence electrons. The monoisotopic (exact) mass is 276 g/mol. The van der Waals surface area contributed by atoms with Gasteiger partial charge in [-0.15, -0.1) is 0 Å². The fourth-order valence-electron chi connectivity index (χ4n) is 1.87. The maximum Gasteiger partial charge on any atom is 0.347 e. The molecule has 2 rings (SSSR count). The summed E-state index contributed by atoms with van der Waals surface area (Å²) in [6, 6.07) is 4.87. The standard InChI is InChI=1S/C15H16O5/c1-2-3-5-10-14(17)13-11(19-9-8-16)6-4-7-12(13)20-15(10)18/h3-7,16-17H,2,8-9H2,1H3. The summed E-state index contributed by atoms with van der Waals surface area (Å²) in [5.74, 6) is 0.193. The molecule has 2 aromatic rings.